The van der Waals surface area contributed by atoms with E-state index in [-0.39, 0.29) is 11.1 Å². The minimum absolute atomic E-state index is 0.247. The van der Waals surface area contributed by atoms with Crippen LogP contribution in [0.2, 0.25) is 0 Å². The van der Waals surface area contributed by atoms with Crippen LogP contribution in [0.3, 0.4) is 0 Å². The predicted molar refractivity (Wildman–Crippen MR) is 70.5 cm³/mol. The molecule has 0 radical (unpaired) electrons. The van der Waals surface area contributed by atoms with Crippen LogP contribution in [0, 0.1) is 11.6 Å². The maximum absolute atomic E-state index is 13.5. The molecule has 0 unspecified atom stereocenters. The number of ketones is 1. The summed E-state index contributed by atoms with van der Waals surface area (Å²) < 4.78 is 32.2. The molecule has 0 saturated heterocycles. The minimum atomic E-state index is -0.752. The van der Waals surface area contributed by atoms with Gasteiger partial charge in [0.2, 0.25) is 0 Å². The first-order chi connectivity index (χ1) is 9.02. The van der Waals surface area contributed by atoms with E-state index in [9.17, 15) is 13.6 Å². The van der Waals surface area contributed by atoms with Crippen LogP contribution in [0.4, 0.5) is 8.78 Å². The van der Waals surface area contributed by atoms with E-state index in [0.29, 0.717) is 10.2 Å². The van der Waals surface area contributed by atoms with Crippen LogP contribution in [0.15, 0.2) is 40.9 Å². The lowest BCUT2D eigenvalue weighted by atomic mass is 10.0. The molecule has 0 N–H and O–H groups in total. The van der Waals surface area contributed by atoms with Gasteiger partial charge in [-0.3, -0.25) is 4.79 Å². The van der Waals surface area contributed by atoms with Crippen LogP contribution < -0.4 is 4.74 Å². The molecular weight excluding hydrogens is 318 g/mol. The highest BCUT2D eigenvalue weighted by atomic mass is 79.9. The van der Waals surface area contributed by atoms with Gasteiger partial charge in [-0.1, -0.05) is 0 Å². The summed E-state index contributed by atoms with van der Waals surface area (Å²) in [6.07, 6.45) is 0. The second kappa shape index (κ2) is 5.48. The average molecular weight is 327 g/mol. The van der Waals surface area contributed by atoms with Gasteiger partial charge in [-0.05, 0) is 52.3 Å². The van der Waals surface area contributed by atoms with Gasteiger partial charge in [0.05, 0.1) is 17.1 Å². The second-order valence-corrected chi connectivity index (χ2v) is 4.66. The summed E-state index contributed by atoms with van der Waals surface area (Å²) in [6, 6.07) is 7.36. The molecule has 19 heavy (non-hydrogen) atoms. The van der Waals surface area contributed by atoms with Gasteiger partial charge in [-0.2, -0.15) is 0 Å². The van der Waals surface area contributed by atoms with E-state index < -0.39 is 17.4 Å². The number of halogens is 3. The number of ether oxygens (including phenoxy) is 1. The minimum Gasteiger partial charge on any atom is -0.496 e. The third-order valence-corrected chi connectivity index (χ3v) is 3.21. The van der Waals surface area contributed by atoms with Crippen molar-refractivity contribution in [3.05, 3.63) is 63.6 Å². The second-order valence-electron chi connectivity index (χ2n) is 3.80. The van der Waals surface area contributed by atoms with Gasteiger partial charge < -0.3 is 4.74 Å². The normalized spacial score (nSPS) is 10.3. The summed E-state index contributed by atoms with van der Waals surface area (Å²) in [4.78, 5) is 12.1. The molecule has 0 aliphatic rings. The van der Waals surface area contributed by atoms with Gasteiger partial charge in [0.1, 0.15) is 17.4 Å². The first kappa shape index (κ1) is 13.7. The van der Waals surface area contributed by atoms with Gasteiger partial charge in [-0.25, -0.2) is 8.78 Å². The van der Waals surface area contributed by atoms with Crippen molar-refractivity contribution < 1.29 is 18.3 Å². The van der Waals surface area contributed by atoms with Gasteiger partial charge in [0.25, 0.3) is 0 Å². The van der Waals surface area contributed by atoms with E-state index in [1.807, 2.05) is 0 Å². The van der Waals surface area contributed by atoms with Crippen LogP contribution in [0.5, 0.6) is 5.75 Å². The predicted octanol–water partition coefficient (Wildman–Crippen LogP) is 3.97. The zero-order valence-corrected chi connectivity index (χ0v) is 11.5. The Balaban J connectivity index is 2.44. The quantitative estimate of drug-likeness (QED) is 0.798. The number of rotatable bonds is 3. The number of methoxy groups -OCH3 is 1. The summed E-state index contributed by atoms with van der Waals surface area (Å²) >= 11 is 3.24. The van der Waals surface area contributed by atoms with Crippen molar-refractivity contribution in [2.75, 3.05) is 7.11 Å². The molecule has 0 aromatic heterocycles. The Morgan fingerprint density at radius 1 is 1.16 bits per heavy atom. The molecule has 0 aliphatic heterocycles. The summed E-state index contributed by atoms with van der Waals surface area (Å²) in [5, 5.41) is 0. The number of carbonyl (C=O) groups excluding carboxylic acids is 1. The molecule has 5 heteroatoms. The van der Waals surface area contributed by atoms with Crippen molar-refractivity contribution >= 4 is 21.7 Å². The molecule has 0 amide bonds. The number of benzene rings is 2. The SMILES string of the molecule is COc1ccc(C(=O)c2cc(F)ccc2F)cc1Br. The van der Waals surface area contributed by atoms with Crippen LogP contribution >= 0.6 is 15.9 Å². The fourth-order valence-corrected chi connectivity index (χ4v) is 2.18. The highest BCUT2D eigenvalue weighted by Gasteiger charge is 2.16. The lowest BCUT2D eigenvalue weighted by Crippen LogP contribution is -2.05. The van der Waals surface area contributed by atoms with Gasteiger partial charge in [0, 0.05) is 5.56 Å². The van der Waals surface area contributed by atoms with Crippen LogP contribution in [0.1, 0.15) is 15.9 Å². The summed E-state index contributed by atoms with van der Waals surface area (Å²) in [5.74, 6) is -1.44. The van der Waals surface area contributed by atoms with E-state index in [4.69, 9.17) is 4.74 Å². The van der Waals surface area contributed by atoms with Crippen LogP contribution in [-0.4, -0.2) is 12.9 Å². The fraction of sp³-hybridized carbons (Fsp3) is 0.0714. The third kappa shape index (κ3) is 2.81. The molecule has 98 valence electrons. The number of carbonyl (C=O) groups is 1. The van der Waals surface area contributed by atoms with Gasteiger partial charge in [0.15, 0.2) is 5.78 Å². The first-order valence-electron chi connectivity index (χ1n) is 5.36. The van der Waals surface area contributed by atoms with Crippen LogP contribution in [-0.2, 0) is 0 Å². The topological polar surface area (TPSA) is 26.3 Å². The standard InChI is InChI=1S/C14H9BrF2O2/c1-19-13-5-2-8(6-11(13)15)14(18)10-7-9(16)3-4-12(10)17/h2-7H,1H3. The van der Waals surface area contributed by atoms with Crippen LogP contribution in [0.25, 0.3) is 0 Å². The zero-order valence-electron chi connectivity index (χ0n) is 9.91. The highest BCUT2D eigenvalue weighted by Crippen LogP contribution is 2.27. The third-order valence-electron chi connectivity index (χ3n) is 2.59. The van der Waals surface area contributed by atoms with E-state index in [1.54, 1.807) is 6.07 Å². The molecule has 0 spiro atoms. The Kier molecular flexibility index (Phi) is 3.95. The van der Waals surface area contributed by atoms with Crippen molar-refractivity contribution in [2.24, 2.45) is 0 Å². The summed E-state index contributed by atoms with van der Waals surface area (Å²) in [5.41, 5.74) is -0.0470. The molecule has 0 fully saturated rings. The van der Waals surface area contributed by atoms with E-state index in [1.165, 1.54) is 19.2 Å². The lowest BCUT2D eigenvalue weighted by molar-refractivity contribution is 0.103. The summed E-state index contributed by atoms with van der Waals surface area (Å²) in [7, 11) is 1.49. The maximum Gasteiger partial charge on any atom is 0.196 e. The van der Waals surface area contributed by atoms with Crippen molar-refractivity contribution in [1.82, 2.24) is 0 Å². The molecule has 2 aromatic carbocycles. The first-order valence-corrected chi connectivity index (χ1v) is 6.15. The summed E-state index contributed by atoms with van der Waals surface area (Å²) in [6.45, 7) is 0. The average Bonchev–Trinajstić information content (AvgIpc) is 2.40. The van der Waals surface area contributed by atoms with Crippen molar-refractivity contribution in [3.63, 3.8) is 0 Å². The zero-order chi connectivity index (χ0) is 14.0. The molecule has 2 nitrogen and oxygen atoms in total. The molecular formula is C14H9BrF2O2. The molecule has 2 rings (SSSR count). The van der Waals surface area contributed by atoms with E-state index in [0.717, 1.165) is 18.2 Å². The van der Waals surface area contributed by atoms with E-state index >= 15 is 0 Å². The molecule has 0 aliphatic carbocycles. The molecule has 0 bridgehead atoms. The Morgan fingerprint density at radius 2 is 1.89 bits per heavy atom. The monoisotopic (exact) mass is 326 g/mol. The Bertz CT molecular complexity index is 641. The molecule has 0 saturated carbocycles. The van der Waals surface area contributed by atoms with Gasteiger partial charge >= 0.3 is 0 Å². The smallest absolute Gasteiger partial charge is 0.196 e. The van der Waals surface area contributed by atoms with Crippen molar-refractivity contribution in [2.45, 2.75) is 0 Å². The number of hydrogen-bond acceptors (Lipinski definition) is 2. The molecule has 0 heterocycles. The number of hydrogen-bond donors (Lipinski definition) is 0. The fourth-order valence-electron chi connectivity index (χ4n) is 1.63. The molecule has 0 atom stereocenters. The van der Waals surface area contributed by atoms with E-state index in [2.05, 4.69) is 15.9 Å². The van der Waals surface area contributed by atoms with Gasteiger partial charge in [-0.15, -0.1) is 0 Å². The molecule has 2 aromatic rings. The maximum atomic E-state index is 13.5. The Morgan fingerprint density at radius 3 is 2.53 bits per heavy atom. The van der Waals surface area contributed by atoms with Crippen molar-refractivity contribution in [1.29, 1.82) is 0 Å². The Hall–Kier alpha value is -1.75. The largest absolute Gasteiger partial charge is 0.496 e. The Labute approximate surface area is 117 Å². The lowest BCUT2D eigenvalue weighted by Gasteiger charge is -2.06. The van der Waals surface area contributed by atoms with Crippen molar-refractivity contribution in [3.8, 4) is 5.75 Å². The highest BCUT2D eigenvalue weighted by molar-refractivity contribution is 9.10.